The van der Waals surface area contributed by atoms with Crippen LogP contribution in [0.3, 0.4) is 0 Å². The molecule has 0 saturated heterocycles. The number of nitrogens with one attached hydrogen (secondary N) is 1. The number of rotatable bonds is 4. The molecule has 0 heterocycles. The van der Waals surface area contributed by atoms with Gasteiger partial charge in [0.2, 0.25) is 0 Å². The third kappa shape index (κ3) is 3.28. The number of halogens is 1. The second-order valence-electron chi connectivity index (χ2n) is 3.67. The molecule has 0 aromatic heterocycles. The van der Waals surface area contributed by atoms with Gasteiger partial charge in [-0.1, -0.05) is 41.9 Å². The Kier molecular flexibility index (Phi) is 3.84. The molecule has 0 aliphatic rings. The lowest BCUT2D eigenvalue weighted by Crippen LogP contribution is -2.04. The van der Waals surface area contributed by atoms with Gasteiger partial charge in [0.15, 0.2) is 0 Å². The molecule has 16 heavy (non-hydrogen) atoms. The summed E-state index contributed by atoms with van der Waals surface area (Å²) in [4.78, 5) is 0. The summed E-state index contributed by atoms with van der Waals surface area (Å²) >= 11 is 5.92. The van der Waals surface area contributed by atoms with Gasteiger partial charge in [0.25, 0.3) is 0 Å². The molecular formula is C14H14ClN. The maximum Gasteiger partial charge on any atom is 0.0408 e. The van der Waals surface area contributed by atoms with Gasteiger partial charge in [-0.2, -0.15) is 0 Å². The summed E-state index contributed by atoms with van der Waals surface area (Å²) in [5.41, 5.74) is 2.42. The van der Waals surface area contributed by atoms with Gasteiger partial charge >= 0.3 is 0 Å². The zero-order valence-electron chi connectivity index (χ0n) is 8.99. The topological polar surface area (TPSA) is 12.0 Å². The van der Waals surface area contributed by atoms with E-state index in [0.717, 1.165) is 23.7 Å². The minimum atomic E-state index is 0.803. The summed E-state index contributed by atoms with van der Waals surface area (Å²) in [6, 6.07) is 18.2. The van der Waals surface area contributed by atoms with Crippen molar-refractivity contribution in [2.45, 2.75) is 6.42 Å². The van der Waals surface area contributed by atoms with E-state index in [1.54, 1.807) is 0 Å². The van der Waals surface area contributed by atoms with Crippen molar-refractivity contribution in [3.8, 4) is 0 Å². The Morgan fingerprint density at radius 1 is 0.938 bits per heavy atom. The third-order valence-corrected chi connectivity index (χ3v) is 2.64. The molecule has 2 rings (SSSR count). The Hall–Kier alpha value is -1.47. The lowest BCUT2D eigenvalue weighted by atomic mass is 10.1. The molecule has 1 nitrogen and oxygen atoms in total. The first kappa shape index (κ1) is 11.0. The van der Waals surface area contributed by atoms with Crippen LogP contribution in [0.4, 0.5) is 5.69 Å². The highest BCUT2D eigenvalue weighted by molar-refractivity contribution is 6.30. The Morgan fingerprint density at radius 3 is 2.50 bits per heavy atom. The largest absolute Gasteiger partial charge is 0.385 e. The SMILES string of the molecule is Clc1cccc(CCNc2ccccc2)c1. The summed E-state index contributed by atoms with van der Waals surface area (Å²) in [6.07, 6.45) is 0.982. The highest BCUT2D eigenvalue weighted by Gasteiger charge is 1.94. The summed E-state index contributed by atoms with van der Waals surface area (Å²) in [5, 5.41) is 4.17. The lowest BCUT2D eigenvalue weighted by molar-refractivity contribution is 1.02. The molecule has 0 amide bonds. The second kappa shape index (κ2) is 5.57. The van der Waals surface area contributed by atoms with E-state index in [-0.39, 0.29) is 0 Å². The van der Waals surface area contributed by atoms with E-state index < -0.39 is 0 Å². The van der Waals surface area contributed by atoms with Gasteiger partial charge in [0, 0.05) is 17.3 Å². The van der Waals surface area contributed by atoms with Crippen LogP contribution in [0.15, 0.2) is 54.6 Å². The van der Waals surface area contributed by atoms with Gasteiger partial charge in [-0.15, -0.1) is 0 Å². The van der Waals surface area contributed by atoms with Gasteiger partial charge in [-0.05, 0) is 36.2 Å². The standard InChI is InChI=1S/C14H14ClN/c15-13-6-4-5-12(11-13)9-10-16-14-7-2-1-3-8-14/h1-8,11,16H,9-10H2. The molecule has 0 spiro atoms. The van der Waals surface area contributed by atoms with Crippen molar-refractivity contribution in [1.82, 2.24) is 0 Å². The Morgan fingerprint density at radius 2 is 1.75 bits per heavy atom. The van der Waals surface area contributed by atoms with Gasteiger partial charge < -0.3 is 5.32 Å². The molecule has 0 fully saturated rings. The van der Waals surface area contributed by atoms with Crippen molar-refractivity contribution in [3.63, 3.8) is 0 Å². The Balaban J connectivity index is 1.85. The minimum Gasteiger partial charge on any atom is -0.385 e. The van der Waals surface area contributed by atoms with Gasteiger partial charge in [-0.3, -0.25) is 0 Å². The maximum absolute atomic E-state index is 5.92. The molecule has 0 aliphatic heterocycles. The molecular weight excluding hydrogens is 218 g/mol. The van der Waals surface area contributed by atoms with Crippen molar-refractivity contribution in [3.05, 3.63) is 65.2 Å². The van der Waals surface area contributed by atoms with Crippen molar-refractivity contribution in [1.29, 1.82) is 0 Å². The molecule has 0 saturated carbocycles. The van der Waals surface area contributed by atoms with Crippen molar-refractivity contribution in [2.24, 2.45) is 0 Å². The molecule has 0 unspecified atom stereocenters. The molecule has 1 N–H and O–H groups in total. The second-order valence-corrected chi connectivity index (χ2v) is 4.11. The molecule has 0 bridgehead atoms. The molecule has 2 aromatic rings. The van der Waals surface area contributed by atoms with Crippen LogP contribution in [0.2, 0.25) is 5.02 Å². The third-order valence-electron chi connectivity index (χ3n) is 2.41. The fraction of sp³-hybridized carbons (Fsp3) is 0.143. The Bertz CT molecular complexity index is 439. The van der Waals surface area contributed by atoms with Crippen LogP contribution in [0, 0.1) is 0 Å². The van der Waals surface area contributed by atoms with Gasteiger partial charge in [0.1, 0.15) is 0 Å². The molecule has 0 aliphatic carbocycles. The fourth-order valence-corrected chi connectivity index (χ4v) is 1.81. The zero-order chi connectivity index (χ0) is 11.2. The van der Waals surface area contributed by atoms with Crippen molar-refractivity contribution >= 4 is 17.3 Å². The molecule has 82 valence electrons. The first-order chi connectivity index (χ1) is 7.84. The van der Waals surface area contributed by atoms with E-state index in [1.165, 1.54) is 5.56 Å². The smallest absolute Gasteiger partial charge is 0.0408 e. The van der Waals surface area contributed by atoms with Crippen LogP contribution in [-0.2, 0) is 6.42 Å². The number of hydrogen-bond acceptors (Lipinski definition) is 1. The Labute approximate surface area is 101 Å². The fourth-order valence-electron chi connectivity index (χ4n) is 1.60. The van der Waals surface area contributed by atoms with Crippen LogP contribution < -0.4 is 5.32 Å². The lowest BCUT2D eigenvalue weighted by Gasteiger charge is -2.06. The predicted molar refractivity (Wildman–Crippen MR) is 70.1 cm³/mol. The zero-order valence-corrected chi connectivity index (χ0v) is 9.74. The average Bonchev–Trinajstić information content (AvgIpc) is 2.30. The monoisotopic (exact) mass is 231 g/mol. The van der Waals surface area contributed by atoms with E-state index in [1.807, 2.05) is 36.4 Å². The summed E-state index contributed by atoms with van der Waals surface area (Å²) in [6.45, 7) is 0.921. The van der Waals surface area contributed by atoms with Crippen LogP contribution >= 0.6 is 11.6 Å². The predicted octanol–water partition coefficient (Wildman–Crippen LogP) is 3.99. The van der Waals surface area contributed by atoms with Crippen molar-refractivity contribution < 1.29 is 0 Å². The molecule has 0 atom stereocenters. The maximum atomic E-state index is 5.92. The molecule has 2 heteroatoms. The first-order valence-corrected chi connectivity index (χ1v) is 5.76. The minimum absolute atomic E-state index is 0.803. The van der Waals surface area contributed by atoms with E-state index >= 15 is 0 Å². The van der Waals surface area contributed by atoms with Gasteiger partial charge in [0.05, 0.1) is 0 Å². The van der Waals surface area contributed by atoms with Crippen LogP contribution in [0.25, 0.3) is 0 Å². The van der Waals surface area contributed by atoms with E-state index in [4.69, 9.17) is 11.6 Å². The first-order valence-electron chi connectivity index (χ1n) is 5.38. The summed E-state index contributed by atoms with van der Waals surface area (Å²) in [5.74, 6) is 0. The van der Waals surface area contributed by atoms with E-state index in [0.29, 0.717) is 0 Å². The number of benzene rings is 2. The highest BCUT2D eigenvalue weighted by Crippen LogP contribution is 2.11. The van der Waals surface area contributed by atoms with Crippen LogP contribution in [0.5, 0.6) is 0 Å². The quantitative estimate of drug-likeness (QED) is 0.839. The number of hydrogen-bond donors (Lipinski definition) is 1. The molecule has 0 radical (unpaired) electrons. The van der Waals surface area contributed by atoms with Crippen LogP contribution in [-0.4, -0.2) is 6.54 Å². The summed E-state index contributed by atoms with van der Waals surface area (Å²) < 4.78 is 0. The summed E-state index contributed by atoms with van der Waals surface area (Å²) in [7, 11) is 0. The van der Waals surface area contributed by atoms with E-state index in [9.17, 15) is 0 Å². The van der Waals surface area contributed by atoms with Crippen LogP contribution in [0.1, 0.15) is 5.56 Å². The highest BCUT2D eigenvalue weighted by atomic mass is 35.5. The number of para-hydroxylation sites is 1. The molecule has 2 aromatic carbocycles. The van der Waals surface area contributed by atoms with E-state index in [2.05, 4.69) is 23.5 Å². The number of anilines is 1. The average molecular weight is 232 g/mol. The van der Waals surface area contributed by atoms with Gasteiger partial charge in [-0.25, -0.2) is 0 Å². The normalized spacial score (nSPS) is 10.1. The van der Waals surface area contributed by atoms with Crippen molar-refractivity contribution in [2.75, 3.05) is 11.9 Å².